The summed E-state index contributed by atoms with van der Waals surface area (Å²) in [7, 11) is 0. The van der Waals surface area contributed by atoms with Crippen molar-refractivity contribution in [3.8, 4) is 5.75 Å². The van der Waals surface area contributed by atoms with Gasteiger partial charge in [-0.05, 0) is 77.1 Å². The number of carbonyl (C=O) groups is 8. The number of phenolic OH excluding ortho intramolecular Hbond substituents is 1. The molecule has 1 fully saturated rings. The number of hydrogen-bond acceptors (Lipinski definition) is 10. The molecule has 8 N–H and O–H groups in total. The zero-order valence-corrected chi connectivity index (χ0v) is 32.5. The van der Waals surface area contributed by atoms with Gasteiger partial charge in [-0.3, -0.25) is 38.4 Å². The molecule has 0 radical (unpaired) electrons. The summed E-state index contributed by atoms with van der Waals surface area (Å²) >= 11 is 0. The average molecular weight is 780 g/mol. The second-order valence-electron chi connectivity index (χ2n) is 14.1. The smallest absolute Gasteiger partial charge is 0.248 e. The maximum absolute atomic E-state index is 13.6. The van der Waals surface area contributed by atoms with Crippen LogP contribution >= 0.6 is 0 Å². The minimum absolute atomic E-state index is 0.0330. The highest BCUT2D eigenvalue weighted by Crippen LogP contribution is 2.20. The van der Waals surface area contributed by atoms with Crippen molar-refractivity contribution in [1.82, 2.24) is 36.8 Å². The van der Waals surface area contributed by atoms with E-state index in [2.05, 4.69) is 31.9 Å². The Balaban J connectivity index is 1.62. The predicted molar refractivity (Wildman–Crippen MR) is 203 cm³/mol. The number of likely N-dealkylation sites (tertiary alicyclic amines) is 1. The normalized spacial score (nSPS) is 17.4. The van der Waals surface area contributed by atoms with Crippen LogP contribution in [0.2, 0.25) is 0 Å². The highest BCUT2D eigenvalue weighted by molar-refractivity contribution is 5.97. The van der Waals surface area contributed by atoms with E-state index < -0.39 is 89.7 Å². The van der Waals surface area contributed by atoms with Crippen LogP contribution in [0.15, 0.2) is 54.6 Å². The lowest BCUT2D eigenvalue weighted by atomic mass is 10.0. The van der Waals surface area contributed by atoms with Gasteiger partial charge in [0.1, 0.15) is 42.0 Å². The van der Waals surface area contributed by atoms with Crippen LogP contribution in [-0.2, 0) is 51.2 Å². The number of aromatic hydroxyl groups is 1. The van der Waals surface area contributed by atoms with Gasteiger partial charge in [-0.25, -0.2) is 0 Å². The molecule has 304 valence electrons. The van der Waals surface area contributed by atoms with Crippen molar-refractivity contribution in [2.45, 2.75) is 116 Å². The molecule has 0 aliphatic carbocycles. The first-order valence-electron chi connectivity index (χ1n) is 18.5. The lowest BCUT2D eigenvalue weighted by molar-refractivity contribution is -0.144. The molecule has 0 aromatic heterocycles. The highest BCUT2D eigenvalue weighted by Gasteiger charge is 2.40. The Bertz CT molecular complexity index is 1740. The Hall–Kier alpha value is -5.84. The molecule has 1 aliphatic heterocycles. The SMILES string of the molecule is CC(=O)N[C@H](C(=O)N1CCC[C@H]1C(=O)N[C@@H](C)C(=O)N[C@@H](C)C(=O)N[C@@H](Cc1ccccc1)C(=O)N[C@@H](C)C(=O)N[C@@H](Cc1ccc(O)cc1)C(C)=O)[C@@H](C)O. The number of carbonyl (C=O) groups excluding carboxylic acids is 8. The zero-order chi connectivity index (χ0) is 41.7. The van der Waals surface area contributed by atoms with Gasteiger partial charge in [-0.15, -0.1) is 0 Å². The number of aliphatic hydroxyl groups excluding tert-OH is 1. The summed E-state index contributed by atoms with van der Waals surface area (Å²) in [5.41, 5.74) is 1.39. The largest absolute Gasteiger partial charge is 0.508 e. The summed E-state index contributed by atoms with van der Waals surface area (Å²) in [6, 6.07) is 7.24. The monoisotopic (exact) mass is 779 g/mol. The van der Waals surface area contributed by atoms with Crippen LogP contribution in [0.1, 0.15) is 65.5 Å². The number of aliphatic hydroxyl groups is 1. The highest BCUT2D eigenvalue weighted by atomic mass is 16.3. The van der Waals surface area contributed by atoms with Crippen molar-refractivity contribution < 1.29 is 48.6 Å². The number of amides is 7. The third kappa shape index (κ3) is 13.2. The molecule has 0 unspecified atom stereocenters. The van der Waals surface area contributed by atoms with Crippen LogP contribution in [0, 0.1) is 0 Å². The molecular formula is C39H53N7O10. The van der Waals surface area contributed by atoms with Crippen molar-refractivity contribution in [3.63, 3.8) is 0 Å². The molecular weight excluding hydrogens is 726 g/mol. The Morgan fingerprint density at radius 2 is 1.16 bits per heavy atom. The van der Waals surface area contributed by atoms with Crippen LogP contribution in [0.4, 0.5) is 0 Å². The quantitative estimate of drug-likeness (QED) is 0.0929. The van der Waals surface area contributed by atoms with Crippen molar-refractivity contribution in [2.24, 2.45) is 0 Å². The van der Waals surface area contributed by atoms with E-state index in [0.717, 1.165) is 0 Å². The fourth-order valence-corrected chi connectivity index (χ4v) is 6.06. The van der Waals surface area contributed by atoms with Gasteiger partial charge in [0.25, 0.3) is 0 Å². The number of nitrogens with one attached hydrogen (secondary N) is 6. The summed E-state index contributed by atoms with van der Waals surface area (Å²) < 4.78 is 0. The third-order valence-corrected chi connectivity index (χ3v) is 9.30. The fraction of sp³-hybridized carbons (Fsp3) is 0.487. The van der Waals surface area contributed by atoms with Gasteiger partial charge >= 0.3 is 0 Å². The number of ketones is 1. The Morgan fingerprint density at radius 1 is 0.661 bits per heavy atom. The van der Waals surface area contributed by atoms with Gasteiger partial charge in [0.2, 0.25) is 41.4 Å². The van der Waals surface area contributed by atoms with Gasteiger partial charge in [0.05, 0.1) is 12.1 Å². The lowest BCUT2D eigenvalue weighted by Gasteiger charge is -2.30. The molecule has 8 atom stereocenters. The van der Waals surface area contributed by atoms with Gasteiger partial charge < -0.3 is 47.0 Å². The molecule has 3 rings (SSSR count). The van der Waals surface area contributed by atoms with E-state index in [1.54, 1.807) is 42.5 Å². The molecule has 0 spiro atoms. The average Bonchev–Trinajstić information content (AvgIpc) is 3.64. The van der Waals surface area contributed by atoms with Crippen LogP contribution < -0.4 is 31.9 Å². The minimum Gasteiger partial charge on any atom is -0.508 e. The van der Waals surface area contributed by atoms with Gasteiger partial charge in [0.15, 0.2) is 5.78 Å². The van der Waals surface area contributed by atoms with E-state index in [9.17, 15) is 48.6 Å². The fourth-order valence-electron chi connectivity index (χ4n) is 6.06. The Kier molecular flexibility index (Phi) is 16.5. The summed E-state index contributed by atoms with van der Waals surface area (Å²) in [5, 5.41) is 35.0. The molecule has 17 heteroatoms. The van der Waals surface area contributed by atoms with Gasteiger partial charge in [-0.2, -0.15) is 0 Å². The van der Waals surface area contributed by atoms with Crippen molar-refractivity contribution in [3.05, 3.63) is 65.7 Å². The number of Topliss-reactive ketones (excluding diaryl/α,β-unsaturated/α-hetero) is 1. The maximum Gasteiger partial charge on any atom is 0.248 e. The Labute approximate surface area is 325 Å². The molecule has 0 saturated carbocycles. The van der Waals surface area contributed by atoms with Crippen molar-refractivity contribution >= 4 is 47.1 Å². The second kappa shape index (κ2) is 20.7. The standard InChI is InChI=1S/C39H53N7O10/c1-21(42-38(55)32-13-10-18-46(32)39(56)33(25(5)48)43-26(6)49)34(51)40-22(2)36(53)45-31(20-27-11-8-7-9-12-27)37(54)41-23(3)35(52)44-30(24(4)47)19-28-14-16-29(50)17-15-28/h7-9,11-12,14-17,21-23,25,30-33,48,50H,10,13,18-20H2,1-6H3,(H,40,51)(H,41,54)(H,42,55)(H,43,49)(H,44,52)(H,45,53)/t21-,22-,23-,25+,30-,31-,32-,33-/m0/s1. The van der Waals surface area contributed by atoms with E-state index in [1.807, 2.05) is 0 Å². The van der Waals surface area contributed by atoms with Crippen LogP contribution in [0.5, 0.6) is 5.75 Å². The summed E-state index contributed by atoms with van der Waals surface area (Å²) in [4.78, 5) is 105. The van der Waals surface area contributed by atoms with E-state index in [-0.39, 0.29) is 30.9 Å². The van der Waals surface area contributed by atoms with Crippen molar-refractivity contribution in [1.29, 1.82) is 0 Å². The van der Waals surface area contributed by atoms with Crippen LogP contribution in [0.25, 0.3) is 0 Å². The molecule has 1 heterocycles. The molecule has 56 heavy (non-hydrogen) atoms. The predicted octanol–water partition coefficient (Wildman–Crippen LogP) is -0.873. The summed E-state index contributed by atoms with van der Waals surface area (Å²) in [5.74, 6) is -4.85. The number of phenols is 1. The zero-order valence-electron chi connectivity index (χ0n) is 32.5. The summed E-state index contributed by atoms with van der Waals surface area (Å²) in [6.45, 7) is 8.30. The molecule has 17 nitrogen and oxygen atoms in total. The number of nitrogens with zero attached hydrogens (tertiary/aromatic N) is 1. The first kappa shape index (κ1) is 44.6. The first-order valence-corrected chi connectivity index (χ1v) is 18.5. The summed E-state index contributed by atoms with van der Waals surface area (Å²) in [6.07, 6.45) is -0.257. The molecule has 1 saturated heterocycles. The number of hydrogen-bond donors (Lipinski definition) is 8. The van der Waals surface area contributed by atoms with Crippen LogP contribution in [-0.4, -0.2) is 117 Å². The molecule has 0 bridgehead atoms. The first-order chi connectivity index (χ1) is 26.4. The van der Waals surface area contributed by atoms with E-state index >= 15 is 0 Å². The topological polar surface area (TPSA) is 252 Å². The minimum atomic E-state index is -1.25. The number of benzene rings is 2. The second-order valence-corrected chi connectivity index (χ2v) is 14.1. The van der Waals surface area contributed by atoms with Gasteiger partial charge in [-0.1, -0.05) is 42.5 Å². The van der Waals surface area contributed by atoms with E-state index in [1.165, 1.54) is 58.6 Å². The molecule has 2 aromatic carbocycles. The Morgan fingerprint density at radius 3 is 1.71 bits per heavy atom. The van der Waals surface area contributed by atoms with E-state index in [0.29, 0.717) is 24.0 Å². The number of rotatable bonds is 18. The molecule has 1 aliphatic rings. The molecule has 2 aromatic rings. The van der Waals surface area contributed by atoms with Crippen LogP contribution in [0.3, 0.4) is 0 Å². The van der Waals surface area contributed by atoms with Gasteiger partial charge in [0, 0.05) is 19.9 Å². The van der Waals surface area contributed by atoms with Crippen molar-refractivity contribution in [2.75, 3.05) is 6.54 Å². The molecule has 7 amide bonds. The third-order valence-electron chi connectivity index (χ3n) is 9.30. The van der Waals surface area contributed by atoms with E-state index in [4.69, 9.17) is 0 Å². The lowest BCUT2D eigenvalue weighted by Crippen LogP contribution is -2.59. The maximum atomic E-state index is 13.6.